The van der Waals surface area contributed by atoms with Gasteiger partial charge >= 0.3 is 8.56 Å². The molecule has 0 bridgehead atoms. The molecule has 1 atom stereocenters. The molecule has 1 unspecified atom stereocenters. The topological polar surface area (TPSA) is 18.5 Å². The van der Waals surface area contributed by atoms with E-state index in [0.717, 1.165) is 13.0 Å². The van der Waals surface area contributed by atoms with E-state index in [4.69, 9.17) is 8.85 Å². The van der Waals surface area contributed by atoms with Crippen LogP contribution in [0.1, 0.15) is 124 Å². The van der Waals surface area contributed by atoms with Crippen molar-refractivity contribution in [2.75, 3.05) is 6.61 Å². The summed E-state index contributed by atoms with van der Waals surface area (Å²) in [6.45, 7) is 11.9. The summed E-state index contributed by atoms with van der Waals surface area (Å²) in [5.74, 6) is 0. The lowest BCUT2D eigenvalue weighted by atomic mass is 10.0. The molecular formula is C23H50O2Si. The average Bonchev–Trinajstić information content (AvgIpc) is 2.58. The standard InChI is InChI=1S/C23H50O2Si/c1-6-8-9-10-11-12-13-14-15-16-17-18-19-20-22-24-26(4,5)25-23(3)21-7-2/h23H,6-22H2,1-5H3. The maximum absolute atomic E-state index is 6.11. The van der Waals surface area contributed by atoms with Gasteiger partial charge in [0.05, 0.1) is 0 Å². The van der Waals surface area contributed by atoms with Gasteiger partial charge in [0.15, 0.2) is 0 Å². The van der Waals surface area contributed by atoms with Crippen LogP contribution >= 0.6 is 0 Å². The largest absolute Gasteiger partial charge is 0.395 e. The van der Waals surface area contributed by atoms with Gasteiger partial charge in [0, 0.05) is 12.7 Å². The zero-order valence-electron chi connectivity index (χ0n) is 18.9. The quantitative estimate of drug-likeness (QED) is 0.154. The van der Waals surface area contributed by atoms with Gasteiger partial charge in [-0.05, 0) is 32.9 Å². The molecule has 0 N–H and O–H groups in total. The summed E-state index contributed by atoms with van der Waals surface area (Å²) < 4.78 is 12.2. The first kappa shape index (κ1) is 26.1. The molecule has 0 aliphatic rings. The van der Waals surface area contributed by atoms with Crippen LogP contribution < -0.4 is 0 Å². The Morgan fingerprint density at radius 1 is 0.615 bits per heavy atom. The van der Waals surface area contributed by atoms with Gasteiger partial charge in [-0.1, -0.05) is 104 Å². The Bertz CT molecular complexity index is 281. The molecule has 0 aliphatic carbocycles. The molecule has 0 heterocycles. The second kappa shape index (κ2) is 18.5. The molecule has 0 spiro atoms. The molecule has 0 aromatic rings. The molecule has 0 aliphatic heterocycles. The molecule has 2 nitrogen and oxygen atoms in total. The Hall–Kier alpha value is 0.137. The van der Waals surface area contributed by atoms with Crippen molar-refractivity contribution < 1.29 is 8.85 Å². The normalized spacial score (nSPS) is 13.3. The van der Waals surface area contributed by atoms with E-state index in [2.05, 4.69) is 33.9 Å². The Balaban J connectivity index is 3.28. The fraction of sp³-hybridized carbons (Fsp3) is 1.00. The smallest absolute Gasteiger partial charge is 0.331 e. The number of hydrogen-bond donors (Lipinski definition) is 0. The van der Waals surface area contributed by atoms with Crippen molar-refractivity contribution in [3.63, 3.8) is 0 Å². The third kappa shape index (κ3) is 18.9. The molecule has 0 saturated heterocycles. The zero-order chi connectivity index (χ0) is 19.5. The first-order chi connectivity index (χ1) is 12.5. The van der Waals surface area contributed by atoms with E-state index >= 15 is 0 Å². The second-order valence-electron chi connectivity index (χ2n) is 8.56. The van der Waals surface area contributed by atoms with Crippen molar-refractivity contribution in [3.05, 3.63) is 0 Å². The lowest BCUT2D eigenvalue weighted by Crippen LogP contribution is -2.38. The highest BCUT2D eigenvalue weighted by Crippen LogP contribution is 2.15. The second-order valence-corrected chi connectivity index (χ2v) is 11.9. The van der Waals surface area contributed by atoms with E-state index in [9.17, 15) is 0 Å². The van der Waals surface area contributed by atoms with Crippen molar-refractivity contribution in [2.45, 2.75) is 143 Å². The minimum Gasteiger partial charge on any atom is -0.395 e. The Labute approximate surface area is 167 Å². The minimum atomic E-state index is -1.91. The van der Waals surface area contributed by atoms with Gasteiger partial charge in [0.25, 0.3) is 0 Å². The van der Waals surface area contributed by atoms with Crippen LogP contribution in [0.5, 0.6) is 0 Å². The predicted octanol–water partition coefficient (Wildman–Crippen LogP) is 8.39. The highest BCUT2D eigenvalue weighted by Gasteiger charge is 2.26. The summed E-state index contributed by atoms with van der Waals surface area (Å²) in [5, 5.41) is 0. The van der Waals surface area contributed by atoms with Crippen LogP contribution in [-0.2, 0) is 8.85 Å². The fourth-order valence-corrected chi connectivity index (χ4v) is 5.39. The van der Waals surface area contributed by atoms with E-state index in [-0.39, 0.29) is 0 Å². The molecule has 0 radical (unpaired) electrons. The summed E-state index contributed by atoms with van der Waals surface area (Å²) in [7, 11) is -1.91. The van der Waals surface area contributed by atoms with Crippen molar-refractivity contribution in [1.82, 2.24) is 0 Å². The Morgan fingerprint density at radius 3 is 1.46 bits per heavy atom. The lowest BCUT2D eigenvalue weighted by Gasteiger charge is -2.26. The van der Waals surface area contributed by atoms with Crippen LogP contribution in [0.4, 0.5) is 0 Å². The first-order valence-electron chi connectivity index (χ1n) is 11.8. The maximum atomic E-state index is 6.11. The summed E-state index contributed by atoms with van der Waals surface area (Å²) in [4.78, 5) is 0. The molecule has 158 valence electrons. The van der Waals surface area contributed by atoms with Crippen LogP contribution in [0, 0.1) is 0 Å². The van der Waals surface area contributed by atoms with Gasteiger partial charge < -0.3 is 8.85 Å². The summed E-state index contributed by atoms with van der Waals surface area (Å²) in [6.07, 6.45) is 22.3. The van der Waals surface area contributed by atoms with E-state index in [1.165, 1.54) is 96.3 Å². The molecule has 3 heteroatoms. The van der Waals surface area contributed by atoms with Gasteiger partial charge in [-0.3, -0.25) is 0 Å². The zero-order valence-corrected chi connectivity index (χ0v) is 19.9. The molecule has 0 amide bonds. The van der Waals surface area contributed by atoms with Gasteiger partial charge in [-0.25, -0.2) is 0 Å². The van der Waals surface area contributed by atoms with Crippen LogP contribution in [0.25, 0.3) is 0 Å². The van der Waals surface area contributed by atoms with Crippen LogP contribution in [-0.4, -0.2) is 21.3 Å². The van der Waals surface area contributed by atoms with Crippen molar-refractivity contribution in [1.29, 1.82) is 0 Å². The highest BCUT2D eigenvalue weighted by atomic mass is 28.4. The summed E-state index contributed by atoms with van der Waals surface area (Å²) in [6, 6.07) is 0. The average molecular weight is 387 g/mol. The molecular weight excluding hydrogens is 336 g/mol. The number of rotatable bonds is 20. The number of unbranched alkanes of at least 4 members (excludes halogenated alkanes) is 13. The van der Waals surface area contributed by atoms with Gasteiger partial charge in [0.1, 0.15) is 0 Å². The van der Waals surface area contributed by atoms with E-state index in [1.54, 1.807) is 0 Å². The van der Waals surface area contributed by atoms with Gasteiger partial charge in [-0.15, -0.1) is 0 Å². The molecule has 0 rings (SSSR count). The van der Waals surface area contributed by atoms with Gasteiger partial charge in [-0.2, -0.15) is 0 Å². The number of hydrogen-bond acceptors (Lipinski definition) is 2. The molecule has 26 heavy (non-hydrogen) atoms. The summed E-state index contributed by atoms with van der Waals surface area (Å²) >= 11 is 0. The minimum absolute atomic E-state index is 0.345. The Kier molecular flexibility index (Phi) is 18.6. The molecule has 0 aromatic carbocycles. The molecule has 0 saturated carbocycles. The third-order valence-electron chi connectivity index (χ3n) is 5.13. The van der Waals surface area contributed by atoms with E-state index in [0.29, 0.717) is 6.10 Å². The fourth-order valence-electron chi connectivity index (χ4n) is 3.60. The molecule has 0 fully saturated rings. The van der Waals surface area contributed by atoms with E-state index < -0.39 is 8.56 Å². The summed E-state index contributed by atoms with van der Waals surface area (Å²) in [5.41, 5.74) is 0. The predicted molar refractivity (Wildman–Crippen MR) is 119 cm³/mol. The van der Waals surface area contributed by atoms with Crippen molar-refractivity contribution >= 4 is 8.56 Å². The van der Waals surface area contributed by atoms with Crippen LogP contribution in [0.3, 0.4) is 0 Å². The molecule has 0 aromatic heterocycles. The highest BCUT2D eigenvalue weighted by molar-refractivity contribution is 6.64. The van der Waals surface area contributed by atoms with Crippen LogP contribution in [0.15, 0.2) is 0 Å². The van der Waals surface area contributed by atoms with Crippen LogP contribution in [0.2, 0.25) is 13.1 Å². The van der Waals surface area contributed by atoms with Crippen molar-refractivity contribution in [3.8, 4) is 0 Å². The SMILES string of the molecule is CCCCCCCCCCCCCCCCO[Si](C)(C)OC(C)CCC. The first-order valence-corrected chi connectivity index (χ1v) is 14.6. The monoisotopic (exact) mass is 386 g/mol. The van der Waals surface area contributed by atoms with Gasteiger partial charge in [0.2, 0.25) is 0 Å². The Morgan fingerprint density at radius 2 is 1.04 bits per heavy atom. The third-order valence-corrected chi connectivity index (χ3v) is 7.00. The van der Waals surface area contributed by atoms with Crippen molar-refractivity contribution in [2.24, 2.45) is 0 Å². The lowest BCUT2D eigenvalue weighted by molar-refractivity contribution is 0.123. The maximum Gasteiger partial charge on any atom is 0.331 e. The van der Waals surface area contributed by atoms with E-state index in [1.807, 2.05) is 0 Å².